The Kier molecular flexibility index (Phi) is 4.30. The van der Waals surface area contributed by atoms with Crippen LogP contribution < -0.4 is 4.90 Å². The van der Waals surface area contributed by atoms with E-state index in [4.69, 9.17) is 0 Å². The smallest absolute Gasteiger partial charge is 0.320 e. The first kappa shape index (κ1) is 16.5. The molecule has 0 atom stereocenters. The molecule has 7 heteroatoms. The molecule has 0 amide bonds. The van der Waals surface area contributed by atoms with Gasteiger partial charge in [0.25, 0.3) is 0 Å². The van der Waals surface area contributed by atoms with Crippen molar-refractivity contribution in [2.45, 2.75) is 23.3 Å². The van der Waals surface area contributed by atoms with Gasteiger partial charge in [-0.25, -0.2) is 9.97 Å². The maximum Gasteiger partial charge on any atom is 0.344 e. The highest BCUT2D eigenvalue weighted by molar-refractivity contribution is 7.99. The third-order valence-corrected chi connectivity index (χ3v) is 5.33. The molecule has 0 saturated carbocycles. The van der Waals surface area contributed by atoms with E-state index in [2.05, 4.69) is 9.97 Å². The van der Waals surface area contributed by atoms with Gasteiger partial charge in [0.05, 0.1) is 4.92 Å². The van der Waals surface area contributed by atoms with Crippen molar-refractivity contribution in [3.63, 3.8) is 0 Å². The monoisotopic (exact) mass is 364 g/mol. The van der Waals surface area contributed by atoms with Crippen LogP contribution in [0.3, 0.4) is 0 Å². The highest BCUT2D eigenvalue weighted by atomic mass is 32.2. The van der Waals surface area contributed by atoms with E-state index in [1.54, 1.807) is 0 Å². The molecule has 3 aromatic rings. The lowest BCUT2D eigenvalue weighted by molar-refractivity contribution is -0.387. The molecule has 2 heterocycles. The minimum absolute atomic E-state index is 0.0465. The first-order chi connectivity index (χ1) is 12.6. The van der Waals surface area contributed by atoms with E-state index in [1.165, 1.54) is 23.7 Å². The van der Waals surface area contributed by atoms with Gasteiger partial charge in [0.1, 0.15) is 6.33 Å². The molecular weight excluding hydrogens is 348 g/mol. The summed E-state index contributed by atoms with van der Waals surface area (Å²) in [6.45, 7) is 2.68. The molecule has 0 aliphatic carbocycles. The summed E-state index contributed by atoms with van der Waals surface area (Å²) in [5, 5.41) is 12.2. The maximum absolute atomic E-state index is 11.8. The predicted octanol–water partition coefficient (Wildman–Crippen LogP) is 4.54. The van der Waals surface area contributed by atoms with Gasteiger partial charge < -0.3 is 4.90 Å². The maximum atomic E-state index is 11.8. The summed E-state index contributed by atoms with van der Waals surface area (Å²) in [5.74, 6) is 0.351. The van der Waals surface area contributed by atoms with Crippen molar-refractivity contribution in [1.29, 1.82) is 0 Å². The molecule has 1 aromatic heterocycles. The molecular formula is C19H16N4O2S. The predicted molar refractivity (Wildman–Crippen MR) is 101 cm³/mol. The molecule has 0 unspecified atom stereocenters. The Bertz CT molecular complexity index is 976. The molecule has 1 aliphatic heterocycles. The van der Waals surface area contributed by atoms with Crippen molar-refractivity contribution >= 4 is 29.0 Å². The summed E-state index contributed by atoms with van der Waals surface area (Å²) in [4.78, 5) is 22.7. The zero-order valence-electron chi connectivity index (χ0n) is 14.1. The molecule has 130 valence electrons. The van der Waals surface area contributed by atoms with Gasteiger partial charge in [-0.3, -0.25) is 10.1 Å². The number of aryl methyl sites for hydroxylation is 1. The Labute approximate surface area is 155 Å². The second-order valence-corrected chi connectivity index (χ2v) is 7.12. The van der Waals surface area contributed by atoms with Gasteiger partial charge in [-0.05, 0) is 37.1 Å². The fourth-order valence-electron chi connectivity index (χ4n) is 3.06. The number of nitro groups is 1. The van der Waals surface area contributed by atoms with Crippen LogP contribution in [0.5, 0.6) is 0 Å². The topological polar surface area (TPSA) is 72.2 Å². The number of hydrogen-bond donors (Lipinski definition) is 0. The first-order valence-corrected chi connectivity index (χ1v) is 9.04. The summed E-state index contributed by atoms with van der Waals surface area (Å²) in [6.07, 6.45) is 2.25. The zero-order valence-corrected chi connectivity index (χ0v) is 14.9. The number of aromatic nitrogens is 2. The average Bonchev–Trinajstić information content (AvgIpc) is 3.07. The highest BCUT2D eigenvalue weighted by Crippen LogP contribution is 2.42. The highest BCUT2D eigenvalue weighted by Gasteiger charge is 2.31. The van der Waals surface area contributed by atoms with Crippen LogP contribution in [-0.2, 0) is 6.42 Å². The fraction of sp³-hybridized carbons (Fsp3) is 0.158. The van der Waals surface area contributed by atoms with E-state index in [9.17, 15) is 10.1 Å². The lowest BCUT2D eigenvalue weighted by Gasteiger charge is -2.18. The van der Waals surface area contributed by atoms with Crippen LogP contribution in [0.4, 0.5) is 17.2 Å². The second-order valence-electron chi connectivity index (χ2n) is 6.05. The molecule has 1 aliphatic rings. The van der Waals surface area contributed by atoms with Gasteiger partial charge in [0.15, 0.2) is 5.03 Å². The SMILES string of the molecule is Cc1ccc(Sc2ncnc(N3CCc4ccccc43)c2[N+](=O)[O-])cc1. The van der Waals surface area contributed by atoms with E-state index < -0.39 is 0 Å². The molecule has 4 rings (SSSR count). The van der Waals surface area contributed by atoms with Crippen molar-refractivity contribution in [2.24, 2.45) is 0 Å². The van der Waals surface area contributed by atoms with Crippen molar-refractivity contribution in [3.05, 3.63) is 76.1 Å². The van der Waals surface area contributed by atoms with E-state index in [0.29, 0.717) is 17.4 Å². The van der Waals surface area contributed by atoms with Crippen LogP contribution in [0.25, 0.3) is 0 Å². The van der Waals surface area contributed by atoms with Gasteiger partial charge in [0.2, 0.25) is 5.82 Å². The summed E-state index contributed by atoms with van der Waals surface area (Å²) < 4.78 is 0. The minimum Gasteiger partial charge on any atom is -0.320 e. The van der Waals surface area contributed by atoms with Crippen molar-refractivity contribution in [3.8, 4) is 0 Å². The van der Waals surface area contributed by atoms with E-state index >= 15 is 0 Å². The Morgan fingerprint density at radius 3 is 2.65 bits per heavy atom. The average molecular weight is 364 g/mol. The number of rotatable bonds is 4. The van der Waals surface area contributed by atoms with Crippen LogP contribution in [-0.4, -0.2) is 21.4 Å². The van der Waals surface area contributed by atoms with Crippen molar-refractivity contribution in [2.75, 3.05) is 11.4 Å². The van der Waals surface area contributed by atoms with Gasteiger partial charge >= 0.3 is 5.69 Å². The lowest BCUT2D eigenvalue weighted by atomic mass is 10.2. The van der Waals surface area contributed by atoms with E-state index in [0.717, 1.165) is 22.6 Å². The third kappa shape index (κ3) is 3.01. The number of para-hydroxylation sites is 1. The quantitative estimate of drug-likeness (QED) is 0.384. The molecule has 0 fully saturated rings. The van der Waals surface area contributed by atoms with Crippen LogP contribution in [0, 0.1) is 17.0 Å². The number of anilines is 2. The molecule has 0 N–H and O–H groups in total. The first-order valence-electron chi connectivity index (χ1n) is 8.23. The largest absolute Gasteiger partial charge is 0.344 e. The second kappa shape index (κ2) is 6.76. The number of benzene rings is 2. The van der Waals surface area contributed by atoms with Crippen LogP contribution in [0.1, 0.15) is 11.1 Å². The molecule has 0 spiro atoms. The van der Waals surface area contributed by atoms with Crippen molar-refractivity contribution in [1.82, 2.24) is 9.97 Å². The zero-order chi connectivity index (χ0) is 18.1. The van der Waals surface area contributed by atoms with E-state index in [1.807, 2.05) is 60.4 Å². The number of nitrogens with zero attached hydrogens (tertiary/aromatic N) is 4. The summed E-state index contributed by atoms with van der Waals surface area (Å²) >= 11 is 1.29. The molecule has 6 nitrogen and oxygen atoms in total. The Morgan fingerprint density at radius 1 is 1.12 bits per heavy atom. The fourth-order valence-corrected chi connectivity index (χ4v) is 3.92. The summed E-state index contributed by atoms with van der Waals surface area (Å²) in [6, 6.07) is 15.8. The minimum atomic E-state index is -0.382. The van der Waals surface area contributed by atoms with Gasteiger partial charge in [0, 0.05) is 17.1 Å². The Balaban J connectivity index is 1.77. The van der Waals surface area contributed by atoms with Gasteiger partial charge in [-0.2, -0.15) is 0 Å². The molecule has 0 bridgehead atoms. The Hall–Kier alpha value is -2.93. The third-order valence-electron chi connectivity index (χ3n) is 4.33. The molecule has 26 heavy (non-hydrogen) atoms. The van der Waals surface area contributed by atoms with Crippen molar-refractivity contribution < 1.29 is 4.92 Å². The molecule has 0 saturated heterocycles. The van der Waals surface area contributed by atoms with E-state index in [-0.39, 0.29) is 10.6 Å². The summed E-state index contributed by atoms with van der Waals surface area (Å²) in [5.41, 5.74) is 3.24. The Morgan fingerprint density at radius 2 is 1.88 bits per heavy atom. The van der Waals surface area contributed by atoms with Crippen LogP contribution in [0.2, 0.25) is 0 Å². The molecule has 0 radical (unpaired) electrons. The normalized spacial score (nSPS) is 12.9. The van der Waals surface area contributed by atoms with Crippen LogP contribution in [0.15, 0.2) is 64.8 Å². The molecule has 2 aromatic carbocycles. The lowest BCUT2D eigenvalue weighted by Crippen LogP contribution is -2.17. The standard InChI is InChI=1S/C19H16N4O2S/c1-13-6-8-15(9-7-13)26-19-17(23(24)25)18(20-12-21-19)22-11-10-14-4-2-3-5-16(14)22/h2-9,12H,10-11H2,1H3. The van der Waals surface area contributed by atoms with Crippen LogP contribution >= 0.6 is 11.8 Å². The number of hydrogen-bond acceptors (Lipinski definition) is 6. The van der Waals surface area contributed by atoms with Gasteiger partial charge in [-0.15, -0.1) is 0 Å². The van der Waals surface area contributed by atoms with Gasteiger partial charge in [-0.1, -0.05) is 47.7 Å². The summed E-state index contributed by atoms with van der Waals surface area (Å²) in [7, 11) is 0. The number of fused-ring (bicyclic) bond motifs is 1.